The van der Waals surface area contributed by atoms with Crippen LogP contribution in [0.15, 0.2) is 91.0 Å². The second kappa shape index (κ2) is 22.6. The van der Waals surface area contributed by atoms with E-state index in [1.54, 1.807) is 0 Å². The summed E-state index contributed by atoms with van der Waals surface area (Å²) in [6, 6.07) is 21.7. The molecule has 5 rings (SSSR count). The van der Waals surface area contributed by atoms with Crippen molar-refractivity contribution in [3.63, 3.8) is 0 Å². The maximum absolute atomic E-state index is 14.2. The predicted molar refractivity (Wildman–Crippen MR) is 238 cm³/mol. The summed E-state index contributed by atoms with van der Waals surface area (Å²) < 4.78 is 1.00. The minimum absolute atomic E-state index is 0.0605. The molecule has 2 heterocycles. The summed E-state index contributed by atoms with van der Waals surface area (Å²) in [4.78, 5) is 96.5. The average Bonchev–Trinajstić information content (AvgIpc) is 3.64. The second-order valence-corrected chi connectivity index (χ2v) is 17.3. The molecule has 0 bridgehead atoms. The van der Waals surface area contributed by atoms with Crippen molar-refractivity contribution in [1.29, 1.82) is 0 Å². The number of rotatable bonds is 22. The lowest BCUT2D eigenvalue weighted by Crippen LogP contribution is -2.65. The van der Waals surface area contributed by atoms with Crippen LogP contribution >= 0.6 is 11.3 Å². The summed E-state index contributed by atoms with van der Waals surface area (Å²) in [7, 11) is 0. The topological polar surface area (TPSA) is 235 Å². The van der Waals surface area contributed by atoms with Gasteiger partial charge in [0, 0.05) is 42.3 Å². The van der Waals surface area contributed by atoms with E-state index in [1.807, 2.05) is 105 Å². The summed E-state index contributed by atoms with van der Waals surface area (Å²) in [6.07, 6.45) is 1.63. The van der Waals surface area contributed by atoms with E-state index in [2.05, 4.69) is 26.6 Å². The molecule has 1 aliphatic heterocycles. The summed E-state index contributed by atoms with van der Waals surface area (Å²) in [5.41, 5.74) is 13.2. The normalized spacial score (nSPS) is 15.9. The molecule has 1 aliphatic rings. The van der Waals surface area contributed by atoms with E-state index < -0.39 is 77.6 Å². The van der Waals surface area contributed by atoms with Crippen LogP contribution in [0.25, 0.3) is 10.1 Å². The molecule has 6 atom stereocenters. The summed E-state index contributed by atoms with van der Waals surface area (Å²) in [5, 5.41) is 14.9. The largest absolute Gasteiger partial charge is 0.368 e. The maximum Gasteiger partial charge on any atom is 0.245 e. The van der Waals surface area contributed by atoms with Crippen molar-refractivity contribution in [3.8, 4) is 0 Å². The number of hydrogen-bond donors (Lipinski definition) is 7. The number of benzene rings is 3. The van der Waals surface area contributed by atoms with Gasteiger partial charge in [-0.25, -0.2) is 0 Å². The van der Waals surface area contributed by atoms with Gasteiger partial charge in [-0.15, -0.1) is 11.3 Å². The van der Waals surface area contributed by atoms with Gasteiger partial charge >= 0.3 is 0 Å². The Morgan fingerprint density at radius 2 is 1.21 bits per heavy atom. The van der Waals surface area contributed by atoms with E-state index in [0.29, 0.717) is 12.8 Å². The molecule has 0 saturated carbocycles. The van der Waals surface area contributed by atoms with Gasteiger partial charge in [0.15, 0.2) is 0 Å². The van der Waals surface area contributed by atoms with Crippen LogP contribution < -0.4 is 38.1 Å². The van der Waals surface area contributed by atoms with Gasteiger partial charge in [0.25, 0.3) is 0 Å². The molecule has 1 saturated heterocycles. The highest BCUT2D eigenvalue weighted by molar-refractivity contribution is 7.19. The van der Waals surface area contributed by atoms with Crippen LogP contribution in [-0.4, -0.2) is 95.6 Å². The van der Waals surface area contributed by atoms with E-state index >= 15 is 0 Å². The number of nitrogens with two attached hydrogens (primary N) is 2. The second-order valence-electron chi connectivity index (χ2n) is 16.1. The van der Waals surface area contributed by atoms with Gasteiger partial charge in [0.05, 0.1) is 0 Å². The molecule has 15 nitrogen and oxygen atoms in total. The highest BCUT2D eigenvalue weighted by Gasteiger charge is 2.42. The van der Waals surface area contributed by atoms with E-state index in [4.69, 9.17) is 11.5 Å². The van der Waals surface area contributed by atoms with Crippen molar-refractivity contribution in [3.05, 3.63) is 107 Å². The molecule has 62 heavy (non-hydrogen) atoms. The number of fused-ring (bicyclic) bond motifs is 1. The number of carbonyl (C=O) groups is 7. The minimum Gasteiger partial charge on any atom is -0.368 e. The predicted octanol–water partition coefficient (Wildman–Crippen LogP) is 2.24. The summed E-state index contributed by atoms with van der Waals surface area (Å²) in [5.74, 6) is -3.84. The van der Waals surface area contributed by atoms with Crippen molar-refractivity contribution < 1.29 is 33.6 Å². The first kappa shape index (κ1) is 46.9. The van der Waals surface area contributed by atoms with Crippen LogP contribution in [0.4, 0.5) is 0 Å². The zero-order chi connectivity index (χ0) is 44.8. The van der Waals surface area contributed by atoms with Crippen molar-refractivity contribution >= 4 is 62.8 Å². The smallest absolute Gasteiger partial charge is 0.245 e. The number of carbonyl (C=O) groups excluding carboxylic acids is 7. The third-order valence-corrected chi connectivity index (χ3v) is 11.9. The minimum atomic E-state index is -1.14. The first-order valence-electron chi connectivity index (χ1n) is 21.1. The highest BCUT2D eigenvalue weighted by Crippen LogP contribution is 2.27. The number of thiophene rings is 1. The number of nitrogens with zero attached hydrogens (tertiary/aromatic N) is 1. The number of nitrogens with one attached hydrogen (secondary N) is 5. The van der Waals surface area contributed by atoms with Crippen LogP contribution in [0.5, 0.6) is 0 Å². The molecule has 0 spiro atoms. The molecule has 0 aliphatic carbocycles. The van der Waals surface area contributed by atoms with Gasteiger partial charge in [0.1, 0.15) is 36.3 Å². The molecule has 330 valence electrons. The van der Waals surface area contributed by atoms with Gasteiger partial charge in [-0.1, -0.05) is 92.7 Å². The van der Waals surface area contributed by atoms with Crippen LogP contribution in [0.2, 0.25) is 0 Å². The van der Waals surface area contributed by atoms with Crippen molar-refractivity contribution in [1.82, 2.24) is 31.5 Å². The molecule has 3 aromatic carbocycles. The number of likely N-dealkylation sites (tertiary alicyclic amines) is 1. The molecular weight excluding hydrogens is 809 g/mol. The van der Waals surface area contributed by atoms with Crippen molar-refractivity contribution in [2.75, 3.05) is 13.1 Å². The lowest BCUT2D eigenvalue weighted by Gasteiger charge is -2.42. The van der Waals surface area contributed by atoms with Crippen LogP contribution in [-0.2, 0) is 52.8 Å². The molecule has 9 N–H and O–H groups in total. The molecule has 4 aromatic rings. The van der Waals surface area contributed by atoms with Crippen LogP contribution in [0.1, 0.15) is 62.5 Å². The van der Waals surface area contributed by atoms with E-state index in [1.165, 1.54) is 23.2 Å². The molecule has 1 aromatic heterocycles. The third-order valence-electron chi connectivity index (χ3n) is 10.8. The van der Waals surface area contributed by atoms with Gasteiger partial charge in [0.2, 0.25) is 41.4 Å². The number of primary amides is 1. The molecular formula is C46H58N8O7S. The zero-order valence-electron chi connectivity index (χ0n) is 35.4. The standard InChI is InChI=1S/C46H58N8O7S/c1-28(2)18-19-34(50-45(60)39-21-23-54(39)46(61)35(20-22-47)51-43(58)37(49-29(3)55)25-31-14-8-5-9-15-31)42(57)53-38(27-33-26-32-16-10-11-17-40(32)62-33)44(59)52-36(41(48)56)24-30-12-6-4-7-13-30/h4-17,26,28,34-39H,18-25,27,47H2,1-3H3,(H2,48,56)(H,49,55)(H,50,60)(H,51,58)(H,52,59)(H,53,57)/t34-,35+,36+,37+,38+,39+/m1/s1. The number of hydrogen-bond acceptors (Lipinski definition) is 9. The molecule has 0 radical (unpaired) electrons. The molecule has 0 unspecified atom stereocenters. The van der Waals surface area contributed by atoms with Crippen LogP contribution in [0, 0.1) is 5.92 Å². The molecule has 7 amide bonds. The highest BCUT2D eigenvalue weighted by atomic mass is 32.1. The Morgan fingerprint density at radius 3 is 1.76 bits per heavy atom. The fraction of sp³-hybridized carbons (Fsp3) is 0.413. The third kappa shape index (κ3) is 13.4. The molecule has 16 heteroatoms. The Balaban J connectivity index is 1.31. The fourth-order valence-corrected chi connectivity index (χ4v) is 8.44. The Labute approximate surface area is 366 Å². The van der Waals surface area contributed by atoms with Crippen LogP contribution in [0.3, 0.4) is 0 Å². The Morgan fingerprint density at radius 1 is 0.661 bits per heavy atom. The Hall–Kier alpha value is -6.13. The summed E-state index contributed by atoms with van der Waals surface area (Å²) in [6.45, 7) is 5.57. The lowest BCUT2D eigenvalue weighted by molar-refractivity contribution is -0.150. The van der Waals surface area contributed by atoms with Gasteiger partial charge in [-0.2, -0.15) is 0 Å². The Kier molecular flexibility index (Phi) is 17.1. The van der Waals surface area contributed by atoms with E-state index in [0.717, 1.165) is 26.1 Å². The maximum atomic E-state index is 14.2. The van der Waals surface area contributed by atoms with Gasteiger partial charge in [-0.3, -0.25) is 33.6 Å². The summed E-state index contributed by atoms with van der Waals surface area (Å²) >= 11 is 1.48. The van der Waals surface area contributed by atoms with E-state index in [9.17, 15) is 33.6 Å². The van der Waals surface area contributed by atoms with Gasteiger partial charge in [-0.05, 0) is 66.8 Å². The first-order chi connectivity index (χ1) is 29.7. The Bertz CT molecular complexity index is 2150. The number of amides is 7. The van der Waals surface area contributed by atoms with Crippen molar-refractivity contribution in [2.24, 2.45) is 17.4 Å². The SMILES string of the molecule is CC(=O)N[C@@H](Cc1ccccc1)C(=O)N[C@@H](CCN)C(=O)N1CC[C@H]1C(=O)N[C@H](CCC(C)C)C(=O)N[C@@H](Cc1cc2ccccc2s1)C(=O)N[C@@H](Cc1ccccc1)C(N)=O. The quantitative estimate of drug-likeness (QED) is 0.0618. The zero-order valence-corrected chi connectivity index (χ0v) is 36.3. The van der Waals surface area contributed by atoms with Crippen molar-refractivity contribution in [2.45, 2.75) is 102 Å². The lowest BCUT2D eigenvalue weighted by atomic mass is 9.97. The van der Waals surface area contributed by atoms with E-state index in [-0.39, 0.29) is 51.1 Å². The van der Waals surface area contributed by atoms with Gasteiger partial charge < -0.3 is 43.0 Å². The average molecular weight is 867 g/mol. The fourth-order valence-electron chi connectivity index (χ4n) is 7.33. The first-order valence-corrected chi connectivity index (χ1v) is 21.9. The molecule has 1 fully saturated rings. The monoisotopic (exact) mass is 866 g/mol.